The summed E-state index contributed by atoms with van der Waals surface area (Å²) in [5, 5.41) is 13.8. The van der Waals surface area contributed by atoms with Crippen molar-refractivity contribution in [1.29, 1.82) is 10.8 Å². The lowest BCUT2D eigenvalue weighted by Crippen LogP contribution is -2.39. The molecule has 5 nitrogen and oxygen atoms in total. The molecule has 0 aliphatic carbocycles. The minimum Gasteiger partial charge on any atom is -0.489 e. The van der Waals surface area contributed by atoms with E-state index in [-0.39, 0.29) is 12.1 Å². The van der Waals surface area contributed by atoms with E-state index in [0.717, 1.165) is 29.8 Å². The van der Waals surface area contributed by atoms with E-state index in [2.05, 4.69) is 18.1 Å². The maximum atomic E-state index is 9.48. The Morgan fingerprint density at radius 2 is 1.93 bits per heavy atom. The van der Waals surface area contributed by atoms with E-state index >= 15 is 0 Å². The van der Waals surface area contributed by atoms with Crippen molar-refractivity contribution in [1.82, 2.24) is 0 Å². The number of ether oxygens (including phenoxy) is 1. The highest BCUT2D eigenvalue weighted by Crippen LogP contribution is 2.28. The number of hydrogen-bond acceptors (Lipinski definition) is 5. The SMILES string of the molecule is CCCc1cc(N(CC(C)Oc2ccc(Cl)cc2)C(C)C#N)ccc1N=N. The molecule has 0 spiro atoms. The predicted octanol–water partition coefficient (Wildman–Crippen LogP) is 6.14. The first-order valence-electron chi connectivity index (χ1n) is 9.07. The number of rotatable bonds is 9. The summed E-state index contributed by atoms with van der Waals surface area (Å²) in [5.41, 5.74) is 9.98. The fourth-order valence-corrected chi connectivity index (χ4v) is 3.07. The lowest BCUT2D eigenvalue weighted by molar-refractivity contribution is 0.225. The lowest BCUT2D eigenvalue weighted by atomic mass is 10.1. The monoisotopic (exact) mass is 384 g/mol. The van der Waals surface area contributed by atoms with Gasteiger partial charge in [0, 0.05) is 10.7 Å². The molecule has 6 heteroatoms. The number of nitrogens with zero attached hydrogens (tertiary/aromatic N) is 3. The highest BCUT2D eigenvalue weighted by molar-refractivity contribution is 6.30. The van der Waals surface area contributed by atoms with Crippen molar-refractivity contribution in [2.75, 3.05) is 11.4 Å². The molecule has 2 aromatic rings. The van der Waals surface area contributed by atoms with Crippen molar-refractivity contribution in [2.45, 2.75) is 45.8 Å². The second-order valence-electron chi connectivity index (χ2n) is 6.51. The molecule has 27 heavy (non-hydrogen) atoms. The van der Waals surface area contributed by atoms with Gasteiger partial charge in [-0.05, 0) is 68.3 Å². The van der Waals surface area contributed by atoms with Crippen LogP contribution >= 0.6 is 11.6 Å². The van der Waals surface area contributed by atoms with Crippen molar-refractivity contribution < 1.29 is 4.74 Å². The number of nitrogens with one attached hydrogen (secondary N) is 1. The first-order valence-corrected chi connectivity index (χ1v) is 9.45. The predicted molar refractivity (Wildman–Crippen MR) is 109 cm³/mol. The van der Waals surface area contributed by atoms with Crippen LogP contribution in [0.3, 0.4) is 0 Å². The molecule has 2 aromatic carbocycles. The molecule has 0 fully saturated rings. The Balaban J connectivity index is 2.22. The molecule has 2 unspecified atom stereocenters. The Kier molecular flexibility index (Phi) is 7.63. The van der Waals surface area contributed by atoms with Crippen LogP contribution in [0.1, 0.15) is 32.8 Å². The van der Waals surface area contributed by atoms with Crippen molar-refractivity contribution >= 4 is 23.0 Å². The van der Waals surface area contributed by atoms with E-state index in [4.69, 9.17) is 21.9 Å². The zero-order valence-corrected chi connectivity index (χ0v) is 16.7. The molecular formula is C21H25ClN4O. The zero-order chi connectivity index (χ0) is 19.8. The quantitative estimate of drug-likeness (QED) is 0.527. The van der Waals surface area contributed by atoms with E-state index < -0.39 is 0 Å². The van der Waals surface area contributed by atoms with Crippen LogP contribution in [-0.4, -0.2) is 18.7 Å². The van der Waals surface area contributed by atoms with E-state index in [1.165, 1.54) is 0 Å². The van der Waals surface area contributed by atoms with Crippen LogP contribution in [0.15, 0.2) is 47.6 Å². The molecule has 0 aliphatic rings. The van der Waals surface area contributed by atoms with Gasteiger partial charge in [-0.1, -0.05) is 24.9 Å². The van der Waals surface area contributed by atoms with Gasteiger partial charge in [0.25, 0.3) is 0 Å². The average molecular weight is 385 g/mol. The molecule has 142 valence electrons. The van der Waals surface area contributed by atoms with Crippen LogP contribution in [0.2, 0.25) is 5.02 Å². The number of hydrogen-bond donors (Lipinski definition) is 1. The number of aryl methyl sites for hydroxylation is 1. The number of halogens is 1. The summed E-state index contributed by atoms with van der Waals surface area (Å²) in [4.78, 5) is 2.02. The maximum absolute atomic E-state index is 9.48. The summed E-state index contributed by atoms with van der Waals surface area (Å²) < 4.78 is 5.98. The topological polar surface area (TPSA) is 72.5 Å². The fraction of sp³-hybridized carbons (Fsp3) is 0.381. The Hall–Kier alpha value is -2.58. The van der Waals surface area contributed by atoms with Gasteiger partial charge in [-0.15, -0.1) is 0 Å². The van der Waals surface area contributed by atoms with Gasteiger partial charge in [-0.3, -0.25) is 0 Å². The summed E-state index contributed by atoms with van der Waals surface area (Å²) in [6.07, 6.45) is 1.68. The highest BCUT2D eigenvalue weighted by Gasteiger charge is 2.19. The Labute approximate surface area is 166 Å². The van der Waals surface area contributed by atoms with E-state index in [1.807, 2.05) is 49.1 Å². The summed E-state index contributed by atoms with van der Waals surface area (Å²) >= 11 is 5.92. The Bertz CT molecular complexity index is 801. The molecule has 0 aromatic heterocycles. The van der Waals surface area contributed by atoms with Gasteiger partial charge in [0.2, 0.25) is 0 Å². The number of anilines is 1. The molecule has 0 amide bonds. The first-order chi connectivity index (χ1) is 13.0. The van der Waals surface area contributed by atoms with Gasteiger partial charge in [-0.2, -0.15) is 10.4 Å². The molecule has 0 aliphatic heterocycles. The second-order valence-corrected chi connectivity index (χ2v) is 6.95. The summed E-state index contributed by atoms with van der Waals surface area (Å²) in [7, 11) is 0. The molecule has 0 saturated carbocycles. The number of nitriles is 1. The van der Waals surface area contributed by atoms with Crippen molar-refractivity contribution in [3.8, 4) is 11.8 Å². The molecule has 2 atom stereocenters. The maximum Gasteiger partial charge on any atom is 0.119 e. The van der Waals surface area contributed by atoms with E-state index in [1.54, 1.807) is 12.1 Å². The molecular weight excluding hydrogens is 360 g/mol. The standard InChI is InChI=1S/C21H25ClN4O/c1-4-5-17-12-19(8-11-21(17)25-24)26(15(2)13-23)14-16(3)27-20-9-6-18(22)7-10-20/h6-12,15-16,24H,4-5,14H2,1-3H3. The van der Waals surface area contributed by atoms with Crippen molar-refractivity contribution in [3.63, 3.8) is 0 Å². The van der Waals surface area contributed by atoms with Gasteiger partial charge < -0.3 is 9.64 Å². The van der Waals surface area contributed by atoms with Crippen LogP contribution in [0, 0.1) is 16.9 Å². The second kappa shape index (κ2) is 9.94. The zero-order valence-electron chi connectivity index (χ0n) is 15.9. The molecule has 0 saturated heterocycles. The van der Waals surface area contributed by atoms with Gasteiger partial charge in [0.05, 0.1) is 18.3 Å². The van der Waals surface area contributed by atoms with Crippen LogP contribution < -0.4 is 9.64 Å². The fourth-order valence-electron chi connectivity index (χ4n) is 2.95. The smallest absolute Gasteiger partial charge is 0.119 e. The normalized spacial score (nSPS) is 12.7. The highest BCUT2D eigenvalue weighted by atomic mass is 35.5. The minimum atomic E-state index is -0.311. The lowest BCUT2D eigenvalue weighted by Gasteiger charge is -2.30. The van der Waals surface area contributed by atoms with E-state index in [0.29, 0.717) is 17.3 Å². The molecule has 0 radical (unpaired) electrons. The third-order valence-electron chi connectivity index (χ3n) is 4.29. The van der Waals surface area contributed by atoms with Crippen LogP contribution in [0.4, 0.5) is 11.4 Å². The number of benzene rings is 2. The third-order valence-corrected chi connectivity index (χ3v) is 4.55. The summed E-state index contributed by atoms with van der Waals surface area (Å²) in [6.45, 7) is 6.50. The Morgan fingerprint density at radius 3 is 2.52 bits per heavy atom. The van der Waals surface area contributed by atoms with Gasteiger partial charge in [0.1, 0.15) is 17.9 Å². The van der Waals surface area contributed by atoms with Gasteiger partial charge in [0.15, 0.2) is 0 Å². The van der Waals surface area contributed by atoms with Gasteiger partial charge >= 0.3 is 0 Å². The third kappa shape index (κ3) is 5.70. The molecule has 2 rings (SSSR count). The van der Waals surface area contributed by atoms with E-state index in [9.17, 15) is 5.26 Å². The first kappa shape index (κ1) is 20.7. The minimum absolute atomic E-state index is 0.128. The Morgan fingerprint density at radius 1 is 1.22 bits per heavy atom. The largest absolute Gasteiger partial charge is 0.489 e. The van der Waals surface area contributed by atoms with Crippen LogP contribution in [0.5, 0.6) is 5.75 Å². The molecule has 0 heterocycles. The van der Waals surface area contributed by atoms with Crippen molar-refractivity contribution in [2.24, 2.45) is 5.11 Å². The van der Waals surface area contributed by atoms with Crippen LogP contribution in [0.25, 0.3) is 0 Å². The summed E-state index contributed by atoms with van der Waals surface area (Å²) in [6, 6.07) is 15.0. The molecule has 0 bridgehead atoms. The van der Waals surface area contributed by atoms with Crippen LogP contribution in [-0.2, 0) is 6.42 Å². The van der Waals surface area contributed by atoms with Gasteiger partial charge in [-0.25, -0.2) is 5.53 Å². The average Bonchev–Trinajstić information content (AvgIpc) is 2.67. The summed E-state index contributed by atoms with van der Waals surface area (Å²) in [5.74, 6) is 0.742. The molecule has 1 N–H and O–H groups in total. The van der Waals surface area contributed by atoms with Crippen molar-refractivity contribution in [3.05, 3.63) is 53.1 Å².